The van der Waals surface area contributed by atoms with Crippen LogP contribution in [-0.2, 0) is 16.6 Å². The monoisotopic (exact) mass is 386 g/mol. The molecule has 9 heteroatoms. The molecule has 8 nitrogen and oxygen atoms in total. The number of hydrogen-bond donors (Lipinski definition) is 1. The summed E-state index contributed by atoms with van der Waals surface area (Å²) >= 11 is 0. The van der Waals surface area contributed by atoms with Gasteiger partial charge in [-0.25, -0.2) is 13.1 Å². The van der Waals surface area contributed by atoms with Crippen molar-refractivity contribution in [3.05, 3.63) is 54.9 Å². The Bertz CT molecular complexity index is 1030. The van der Waals surface area contributed by atoms with Gasteiger partial charge in [-0.3, -0.25) is 9.67 Å². The molecule has 0 amide bonds. The Kier molecular flexibility index (Phi) is 4.78. The average Bonchev–Trinajstić information content (AvgIpc) is 3.17. The normalized spacial score (nSPS) is 13.5. The Hall–Kier alpha value is -2.91. The fraction of sp³-hybridized carbons (Fsp3) is 0.222. The third kappa shape index (κ3) is 3.93. The molecule has 2 aromatic heterocycles. The second-order valence-corrected chi connectivity index (χ2v) is 7.65. The van der Waals surface area contributed by atoms with Gasteiger partial charge in [0.25, 0.3) is 0 Å². The Balaban J connectivity index is 1.39. The van der Waals surface area contributed by atoms with Crippen LogP contribution in [0.1, 0.15) is 0 Å². The summed E-state index contributed by atoms with van der Waals surface area (Å²) in [4.78, 5) is 4.39. The number of nitrogens with zero attached hydrogens (tertiary/aromatic N) is 3. The summed E-state index contributed by atoms with van der Waals surface area (Å²) < 4.78 is 40.1. The van der Waals surface area contributed by atoms with Gasteiger partial charge in [-0.1, -0.05) is 6.07 Å². The number of ether oxygens (including phenoxy) is 2. The lowest BCUT2D eigenvalue weighted by atomic mass is 10.3. The maximum atomic E-state index is 12.5. The maximum Gasteiger partial charge on any atom is 0.240 e. The van der Waals surface area contributed by atoms with Crippen molar-refractivity contribution >= 4 is 10.0 Å². The van der Waals surface area contributed by atoms with Crippen molar-refractivity contribution in [3.63, 3.8) is 0 Å². The number of fused-ring (bicyclic) bond motifs is 1. The van der Waals surface area contributed by atoms with Crippen LogP contribution in [0, 0.1) is 0 Å². The maximum absolute atomic E-state index is 12.5. The molecule has 0 aliphatic carbocycles. The first-order valence-corrected chi connectivity index (χ1v) is 9.94. The molecule has 0 spiro atoms. The summed E-state index contributed by atoms with van der Waals surface area (Å²) in [7, 11) is -3.65. The standard InChI is InChI=1S/C18H18N4O4S/c23-27(24,14-4-5-17-18(13-14)26-12-11-25-17)20-8-10-22-9-6-16(21-22)15-3-1-2-7-19-15/h1-7,9,13,20H,8,10-12H2. The molecule has 3 heterocycles. The highest BCUT2D eigenvalue weighted by Gasteiger charge is 2.19. The molecule has 3 aromatic rings. The summed E-state index contributed by atoms with van der Waals surface area (Å²) in [5, 5.41) is 4.41. The zero-order chi connectivity index (χ0) is 18.7. The fourth-order valence-corrected chi connectivity index (χ4v) is 3.74. The molecule has 0 radical (unpaired) electrons. The average molecular weight is 386 g/mol. The van der Waals surface area contributed by atoms with Crippen LogP contribution in [-0.4, -0.2) is 42.9 Å². The van der Waals surface area contributed by atoms with Crippen molar-refractivity contribution in [2.45, 2.75) is 11.4 Å². The second-order valence-electron chi connectivity index (χ2n) is 5.88. The Morgan fingerprint density at radius 1 is 1.04 bits per heavy atom. The van der Waals surface area contributed by atoms with E-state index in [-0.39, 0.29) is 11.4 Å². The van der Waals surface area contributed by atoms with E-state index >= 15 is 0 Å². The number of aromatic nitrogens is 3. The van der Waals surface area contributed by atoms with Crippen molar-refractivity contribution in [1.29, 1.82) is 0 Å². The van der Waals surface area contributed by atoms with Crippen molar-refractivity contribution in [2.75, 3.05) is 19.8 Å². The predicted octanol–water partition coefficient (Wildman–Crippen LogP) is 1.69. The van der Waals surface area contributed by atoms with Crippen LogP contribution < -0.4 is 14.2 Å². The van der Waals surface area contributed by atoms with Crippen molar-refractivity contribution in [3.8, 4) is 22.9 Å². The van der Waals surface area contributed by atoms with Gasteiger partial charge in [0, 0.05) is 25.0 Å². The SMILES string of the molecule is O=S(=O)(NCCn1ccc(-c2ccccn2)n1)c1ccc2c(c1)OCCO2. The predicted molar refractivity (Wildman–Crippen MR) is 98.1 cm³/mol. The van der Waals surface area contributed by atoms with Gasteiger partial charge in [0.1, 0.15) is 18.9 Å². The molecule has 27 heavy (non-hydrogen) atoms. The first-order chi connectivity index (χ1) is 13.1. The summed E-state index contributed by atoms with van der Waals surface area (Å²) in [6.07, 6.45) is 3.50. The van der Waals surface area contributed by atoms with Gasteiger partial charge < -0.3 is 9.47 Å². The molecular weight excluding hydrogens is 368 g/mol. The summed E-state index contributed by atoms with van der Waals surface area (Å²) in [5.41, 5.74) is 1.51. The van der Waals surface area contributed by atoms with Crippen LogP contribution in [0.15, 0.2) is 59.8 Å². The molecule has 0 atom stereocenters. The zero-order valence-corrected chi connectivity index (χ0v) is 15.2. The molecular formula is C18H18N4O4S. The van der Waals surface area contributed by atoms with Crippen LogP contribution in [0.5, 0.6) is 11.5 Å². The first-order valence-electron chi connectivity index (χ1n) is 8.46. The first kappa shape index (κ1) is 17.5. The molecule has 1 N–H and O–H groups in total. The van der Waals surface area contributed by atoms with E-state index in [1.807, 2.05) is 24.3 Å². The highest BCUT2D eigenvalue weighted by atomic mass is 32.2. The van der Waals surface area contributed by atoms with Crippen molar-refractivity contribution in [1.82, 2.24) is 19.5 Å². The van der Waals surface area contributed by atoms with Gasteiger partial charge in [0.2, 0.25) is 10.0 Å². The Morgan fingerprint density at radius 3 is 2.70 bits per heavy atom. The third-order valence-corrected chi connectivity index (χ3v) is 5.48. The molecule has 140 valence electrons. The molecule has 0 fully saturated rings. The third-order valence-electron chi connectivity index (χ3n) is 4.02. The number of sulfonamides is 1. The smallest absolute Gasteiger partial charge is 0.240 e. The van der Waals surface area contributed by atoms with E-state index in [1.165, 1.54) is 12.1 Å². The number of benzene rings is 1. The number of hydrogen-bond acceptors (Lipinski definition) is 6. The lowest BCUT2D eigenvalue weighted by Gasteiger charge is -2.18. The van der Waals surface area contributed by atoms with Crippen molar-refractivity contribution < 1.29 is 17.9 Å². The van der Waals surface area contributed by atoms with Gasteiger partial charge in [0.05, 0.1) is 17.1 Å². The van der Waals surface area contributed by atoms with Crippen molar-refractivity contribution in [2.24, 2.45) is 0 Å². The van der Waals surface area contributed by atoms with Gasteiger partial charge in [-0.15, -0.1) is 0 Å². The number of nitrogens with one attached hydrogen (secondary N) is 1. The van der Waals surface area contributed by atoms with E-state index in [1.54, 1.807) is 23.1 Å². The van der Waals surface area contributed by atoms with E-state index in [0.29, 0.717) is 31.3 Å². The summed E-state index contributed by atoms with van der Waals surface area (Å²) in [5.74, 6) is 0.995. The van der Waals surface area contributed by atoms with Crippen LogP contribution in [0.4, 0.5) is 0 Å². The number of rotatable bonds is 6. The molecule has 1 aliphatic heterocycles. The lowest BCUT2D eigenvalue weighted by molar-refractivity contribution is 0.171. The Labute approximate surface area is 156 Å². The zero-order valence-electron chi connectivity index (χ0n) is 14.4. The highest BCUT2D eigenvalue weighted by Crippen LogP contribution is 2.32. The van der Waals surface area contributed by atoms with Gasteiger partial charge in [0.15, 0.2) is 11.5 Å². The summed E-state index contributed by atoms with van der Waals surface area (Å²) in [6, 6.07) is 12.0. The van der Waals surface area contributed by atoms with Gasteiger partial charge in [-0.2, -0.15) is 5.10 Å². The largest absolute Gasteiger partial charge is 0.486 e. The minimum Gasteiger partial charge on any atom is -0.486 e. The molecule has 1 aliphatic rings. The number of pyridine rings is 1. The van der Waals surface area contributed by atoms with E-state index in [4.69, 9.17) is 9.47 Å². The van der Waals surface area contributed by atoms with E-state index in [0.717, 1.165) is 11.4 Å². The molecule has 0 unspecified atom stereocenters. The fourth-order valence-electron chi connectivity index (χ4n) is 2.71. The van der Waals surface area contributed by atoms with Crippen LogP contribution in [0.3, 0.4) is 0 Å². The molecule has 4 rings (SSSR count). The molecule has 1 aromatic carbocycles. The van der Waals surface area contributed by atoms with E-state index in [2.05, 4.69) is 14.8 Å². The van der Waals surface area contributed by atoms with E-state index < -0.39 is 10.0 Å². The highest BCUT2D eigenvalue weighted by molar-refractivity contribution is 7.89. The topological polar surface area (TPSA) is 95.3 Å². The lowest BCUT2D eigenvalue weighted by Crippen LogP contribution is -2.27. The minimum atomic E-state index is -3.65. The van der Waals surface area contributed by atoms with Crippen LogP contribution in [0.2, 0.25) is 0 Å². The van der Waals surface area contributed by atoms with Crippen LogP contribution in [0.25, 0.3) is 11.4 Å². The minimum absolute atomic E-state index is 0.140. The van der Waals surface area contributed by atoms with Gasteiger partial charge in [-0.05, 0) is 30.3 Å². The van der Waals surface area contributed by atoms with E-state index in [9.17, 15) is 8.42 Å². The molecule has 0 saturated heterocycles. The molecule has 0 saturated carbocycles. The Morgan fingerprint density at radius 2 is 1.89 bits per heavy atom. The quantitative estimate of drug-likeness (QED) is 0.693. The molecule has 0 bridgehead atoms. The second kappa shape index (κ2) is 7.37. The van der Waals surface area contributed by atoms with Crippen LogP contribution >= 0.6 is 0 Å². The van der Waals surface area contributed by atoms with Gasteiger partial charge >= 0.3 is 0 Å². The summed E-state index contributed by atoms with van der Waals surface area (Å²) in [6.45, 7) is 1.47.